The first-order valence-corrected chi connectivity index (χ1v) is 10.3. The fourth-order valence-corrected chi connectivity index (χ4v) is 3.69. The van der Waals surface area contributed by atoms with Crippen molar-refractivity contribution in [3.8, 4) is 17.0 Å². The van der Waals surface area contributed by atoms with Crippen LogP contribution in [0.4, 0.5) is 20.3 Å². The molecule has 0 spiro atoms. The van der Waals surface area contributed by atoms with Crippen LogP contribution in [0.25, 0.3) is 11.3 Å². The molecule has 2 atom stereocenters. The number of amides is 1. The number of carbonyl (C=O) groups is 1. The molecule has 0 saturated carbocycles. The van der Waals surface area contributed by atoms with E-state index < -0.39 is 11.5 Å². The Morgan fingerprint density at radius 2 is 2.06 bits per heavy atom. The van der Waals surface area contributed by atoms with Gasteiger partial charge in [0.05, 0.1) is 23.4 Å². The van der Waals surface area contributed by atoms with E-state index >= 15 is 0 Å². The van der Waals surface area contributed by atoms with Crippen LogP contribution >= 0.6 is 11.6 Å². The van der Waals surface area contributed by atoms with Crippen molar-refractivity contribution in [1.29, 1.82) is 0 Å². The first-order valence-electron chi connectivity index (χ1n) is 9.94. The molecule has 33 heavy (non-hydrogen) atoms. The van der Waals surface area contributed by atoms with Gasteiger partial charge >= 0.3 is 5.57 Å². The van der Waals surface area contributed by atoms with Crippen molar-refractivity contribution >= 4 is 29.0 Å². The summed E-state index contributed by atoms with van der Waals surface area (Å²) in [7, 11) is 1.62. The summed E-state index contributed by atoms with van der Waals surface area (Å²) in [5, 5.41) is 9.59. The van der Waals surface area contributed by atoms with Gasteiger partial charge in [-0.1, -0.05) is 0 Å². The Bertz CT molecular complexity index is 1110. The van der Waals surface area contributed by atoms with Crippen LogP contribution in [0.15, 0.2) is 48.8 Å². The van der Waals surface area contributed by atoms with Gasteiger partial charge in [-0.15, -0.1) is 8.78 Å². The lowest BCUT2D eigenvalue weighted by Crippen LogP contribution is -2.34. The van der Waals surface area contributed by atoms with E-state index in [1.807, 2.05) is 4.90 Å². The number of hydrogen-bond acceptors (Lipinski definition) is 7. The molecule has 9 nitrogen and oxygen atoms in total. The van der Waals surface area contributed by atoms with E-state index in [0.29, 0.717) is 41.4 Å². The SMILES string of the molecule is CO[C@H]1CN(c2ncc(C(=O)Nc3ccc(OC(F)(F)Cl)cc3)cc2-c2ccn[nH]2)C[C@@H]1N. The Morgan fingerprint density at radius 3 is 2.67 bits per heavy atom. The fraction of sp³-hybridized carbons (Fsp3) is 0.286. The number of pyridine rings is 1. The maximum Gasteiger partial charge on any atom is 0.487 e. The van der Waals surface area contributed by atoms with Gasteiger partial charge in [0.15, 0.2) is 0 Å². The highest BCUT2D eigenvalue weighted by molar-refractivity contribution is 6.20. The van der Waals surface area contributed by atoms with Gasteiger partial charge in [-0.05, 0) is 36.4 Å². The summed E-state index contributed by atoms with van der Waals surface area (Å²) >= 11 is 4.76. The quantitative estimate of drug-likeness (QED) is 0.446. The van der Waals surface area contributed by atoms with E-state index in [2.05, 4.69) is 25.2 Å². The maximum absolute atomic E-state index is 12.8. The molecule has 1 aliphatic rings. The second-order valence-electron chi connectivity index (χ2n) is 7.43. The summed E-state index contributed by atoms with van der Waals surface area (Å²) in [6.45, 7) is 1.11. The first-order chi connectivity index (χ1) is 15.7. The lowest BCUT2D eigenvalue weighted by molar-refractivity contribution is -0.0964. The monoisotopic (exact) mass is 478 g/mol. The molecule has 1 saturated heterocycles. The summed E-state index contributed by atoms with van der Waals surface area (Å²) in [5.41, 5.74) is 4.38. The van der Waals surface area contributed by atoms with Crippen LogP contribution in [0.3, 0.4) is 0 Å². The minimum absolute atomic E-state index is 0.130. The van der Waals surface area contributed by atoms with E-state index in [9.17, 15) is 13.6 Å². The van der Waals surface area contributed by atoms with E-state index in [4.69, 9.17) is 22.1 Å². The van der Waals surface area contributed by atoms with Crippen molar-refractivity contribution in [2.75, 3.05) is 30.4 Å². The zero-order valence-electron chi connectivity index (χ0n) is 17.5. The van der Waals surface area contributed by atoms with E-state index in [-0.39, 0.29) is 17.9 Å². The number of aromatic nitrogens is 3. The molecule has 174 valence electrons. The third-order valence-corrected chi connectivity index (χ3v) is 5.25. The number of hydrogen-bond donors (Lipinski definition) is 3. The number of anilines is 2. The van der Waals surface area contributed by atoms with Crippen LogP contribution in [0.2, 0.25) is 0 Å². The molecule has 3 heterocycles. The number of nitrogens with zero attached hydrogens (tertiary/aromatic N) is 3. The van der Waals surface area contributed by atoms with Crippen molar-refractivity contribution in [3.05, 3.63) is 54.4 Å². The molecule has 1 aromatic carbocycles. The van der Waals surface area contributed by atoms with E-state index in [0.717, 1.165) is 0 Å². The highest BCUT2D eigenvalue weighted by atomic mass is 35.5. The maximum atomic E-state index is 12.8. The lowest BCUT2D eigenvalue weighted by Gasteiger charge is -2.20. The molecule has 0 bridgehead atoms. The van der Waals surface area contributed by atoms with Crippen LogP contribution in [0, 0.1) is 0 Å². The van der Waals surface area contributed by atoms with Crippen LogP contribution in [-0.4, -0.2) is 59.0 Å². The second kappa shape index (κ2) is 9.30. The van der Waals surface area contributed by atoms with Gasteiger partial charge in [-0.3, -0.25) is 9.89 Å². The zero-order valence-corrected chi connectivity index (χ0v) is 18.2. The molecule has 1 amide bonds. The Kier molecular flexibility index (Phi) is 6.45. The van der Waals surface area contributed by atoms with Gasteiger partial charge in [0.25, 0.3) is 5.91 Å². The Morgan fingerprint density at radius 1 is 1.30 bits per heavy atom. The number of ether oxygens (including phenoxy) is 2. The number of nitrogens with two attached hydrogens (primary N) is 1. The summed E-state index contributed by atoms with van der Waals surface area (Å²) in [5.74, 6) is 0.0760. The van der Waals surface area contributed by atoms with Gasteiger partial charge in [0.2, 0.25) is 0 Å². The summed E-state index contributed by atoms with van der Waals surface area (Å²) in [6, 6.07) is 8.69. The number of carbonyl (C=O) groups excluding carboxylic acids is 1. The predicted octanol–water partition coefficient (Wildman–Crippen LogP) is 3.05. The average molecular weight is 479 g/mol. The number of rotatable bonds is 7. The van der Waals surface area contributed by atoms with Crippen LogP contribution in [0.1, 0.15) is 10.4 Å². The molecule has 1 fully saturated rings. The number of nitrogens with one attached hydrogen (secondary N) is 2. The standard InChI is InChI=1S/C21H21ClF2N6O3/c1-32-18-11-30(10-16(18)25)19-15(17-6-7-27-29-17)8-12(9-26-19)20(31)28-13-2-4-14(5-3-13)33-21(22,23)24/h2-9,16,18H,10-11,25H2,1H3,(H,27,29)(H,28,31)/t16-,18-/m0/s1. The summed E-state index contributed by atoms with van der Waals surface area (Å²) in [4.78, 5) is 19.4. The largest absolute Gasteiger partial charge is 0.487 e. The number of benzene rings is 1. The Hall–Kier alpha value is -3.28. The smallest absolute Gasteiger partial charge is 0.420 e. The lowest BCUT2D eigenvalue weighted by atomic mass is 10.1. The topological polar surface area (TPSA) is 118 Å². The third kappa shape index (κ3) is 5.38. The highest BCUT2D eigenvalue weighted by Crippen LogP contribution is 2.31. The van der Waals surface area contributed by atoms with Crippen molar-refractivity contribution in [2.24, 2.45) is 5.73 Å². The molecule has 0 unspecified atom stereocenters. The number of halogens is 3. The van der Waals surface area contributed by atoms with Gasteiger partial charge in [0, 0.05) is 55.4 Å². The van der Waals surface area contributed by atoms with E-state index in [1.54, 1.807) is 25.4 Å². The molecule has 3 aromatic rings. The van der Waals surface area contributed by atoms with Crippen molar-refractivity contribution in [2.45, 2.75) is 17.7 Å². The fourth-order valence-electron chi connectivity index (χ4n) is 3.60. The van der Waals surface area contributed by atoms with Crippen LogP contribution in [0.5, 0.6) is 5.75 Å². The molecular weight excluding hydrogens is 458 g/mol. The highest BCUT2D eigenvalue weighted by Gasteiger charge is 2.32. The Labute approximate surface area is 192 Å². The molecule has 12 heteroatoms. The zero-order chi connectivity index (χ0) is 23.6. The van der Waals surface area contributed by atoms with Crippen molar-refractivity contribution < 1.29 is 23.0 Å². The predicted molar refractivity (Wildman–Crippen MR) is 119 cm³/mol. The molecule has 4 N–H and O–H groups in total. The number of H-pyrrole nitrogens is 1. The Balaban J connectivity index is 1.56. The molecule has 0 radical (unpaired) electrons. The summed E-state index contributed by atoms with van der Waals surface area (Å²) < 4.78 is 35.2. The molecule has 1 aliphatic heterocycles. The van der Waals surface area contributed by atoms with Crippen LogP contribution in [-0.2, 0) is 4.74 Å². The first kappa shape index (κ1) is 22.9. The van der Waals surface area contributed by atoms with Crippen molar-refractivity contribution in [3.63, 3.8) is 0 Å². The third-order valence-electron chi connectivity index (χ3n) is 5.18. The number of alkyl halides is 3. The average Bonchev–Trinajstić information content (AvgIpc) is 3.43. The minimum Gasteiger partial charge on any atom is -0.420 e. The van der Waals surface area contributed by atoms with Gasteiger partial charge in [0.1, 0.15) is 11.6 Å². The van der Waals surface area contributed by atoms with Gasteiger partial charge in [-0.2, -0.15) is 5.10 Å². The molecule has 2 aromatic heterocycles. The van der Waals surface area contributed by atoms with Crippen molar-refractivity contribution in [1.82, 2.24) is 15.2 Å². The summed E-state index contributed by atoms with van der Waals surface area (Å²) in [6.07, 6.45) is 2.94. The van der Waals surface area contributed by atoms with E-state index in [1.165, 1.54) is 30.5 Å². The minimum atomic E-state index is -3.82. The van der Waals surface area contributed by atoms with Crippen LogP contribution < -0.4 is 20.7 Å². The number of methoxy groups -OCH3 is 1. The van der Waals surface area contributed by atoms with Gasteiger partial charge in [-0.25, -0.2) is 4.98 Å². The second-order valence-corrected chi connectivity index (χ2v) is 7.87. The molecule has 0 aliphatic carbocycles. The molecule has 4 rings (SSSR count). The molecular formula is C21H21ClF2N6O3. The normalized spacial score (nSPS) is 18.4. The number of aromatic amines is 1. The van der Waals surface area contributed by atoms with Gasteiger partial charge < -0.3 is 25.4 Å².